The van der Waals surface area contributed by atoms with Crippen LogP contribution in [0.25, 0.3) is 0 Å². The molecule has 0 spiro atoms. The fourth-order valence-corrected chi connectivity index (χ4v) is 3.55. The summed E-state index contributed by atoms with van der Waals surface area (Å²) in [6.07, 6.45) is 0. The minimum Gasteiger partial charge on any atom is -0.493 e. The first kappa shape index (κ1) is 24.1. The van der Waals surface area contributed by atoms with Crippen molar-refractivity contribution < 1.29 is 23.9 Å². The van der Waals surface area contributed by atoms with Gasteiger partial charge in [0.05, 0.1) is 25.5 Å². The molecule has 0 aromatic heterocycles. The van der Waals surface area contributed by atoms with Crippen molar-refractivity contribution in [1.82, 2.24) is 10.6 Å². The number of thioether (sulfide) groups is 1. The van der Waals surface area contributed by atoms with Gasteiger partial charge in [0, 0.05) is 23.2 Å². The monoisotopic (exact) mass is 445 g/mol. The third kappa shape index (κ3) is 6.92. The van der Waals surface area contributed by atoms with E-state index in [2.05, 4.69) is 16.0 Å². The first-order chi connectivity index (χ1) is 14.9. The van der Waals surface area contributed by atoms with Crippen molar-refractivity contribution in [3.63, 3.8) is 0 Å². The predicted octanol–water partition coefficient (Wildman–Crippen LogP) is 2.69. The molecule has 0 saturated heterocycles. The van der Waals surface area contributed by atoms with Crippen molar-refractivity contribution in [3.05, 3.63) is 48.0 Å². The zero-order valence-electron chi connectivity index (χ0n) is 18.0. The molecule has 0 aliphatic heterocycles. The van der Waals surface area contributed by atoms with Gasteiger partial charge in [-0.1, -0.05) is 12.1 Å². The van der Waals surface area contributed by atoms with Gasteiger partial charge in [0.25, 0.3) is 5.91 Å². The Kier molecular flexibility index (Phi) is 9.20. The maximum atomic E-state index is 12.6. The van der Waals surface area contributed by atoms with Gasteiger partial charge < -0.3 is 25.4 Å². The summed E-state index contributed by atoms with van der Waals surface area (Å²) in [7, 11) is 3.06. The van der Waals surface area contributed by atoms with Crippen LogP contribution in [-0.4, -0.2) is 50.3 Å². The van der Waals surface area contributed by atoms with Crippen molar-refractivity contribution in [2.45, 2.75) is 24.8 Å². The molecule has 166 valence electrons. The average Bonchev–Trinajstić information content (AvgIpc) is 2.77. The van der Waals surface area contributed by atoms with E-state index in [4.69, 9.17) is 9.47 Å². The van der Waals surface area contributed by atoms with Gasteiger partial charge in [-0.05, 0) is 38.1 Å². The highest BCUT2D eigenvalue weighted by molar-refractivity contribution is 8.00. The molecule has 9 heteroatoms. The standard InChI is InChI=1S/C22H27N3O5S/c1-5-23-21(27)14(2)24-22(28)16-8-6-7-9-19(16)31-13-20(26)25-15-10-11-17(29-3)18(12-15)30-4/h6-12,14H,5,13H2,1-4H3,(H,23,27)(H,24,28)(H,25,26). The second-order valence-electron chi connectivity index (χ2n) is 6.49. The van der Waals surface area contributed by atoms with E-state index in [-0.39, 0.29) is 23.5 Å². The van der Waals surface area contributed by atoms with Crippen LogP contribution < -0.4 is 25.4 Å². The van der Waals surface area contributed by atoms with Crippen LogP contribution in [0.3, 0.4) is 0 Å². The molecule has 0 fully saturated rings. The lowest BCUT2D eigenvalue weighted by Crippen LogP contribution is -2.44. The topological polar surface area (TPSA) is 106 Å². The van der Waals surface area contributed by atoms with Gasteiger partial charge >= 0.3 is 0 Å². The largest absolute Gasteiger partial charge is 0.493 e. The van der Waals surface area contributed by atoms with Crippen LogP contribution in [0.5, 0.6) is 11.5 Å². The van der Waals surface area contributed by atoms with Crippen molar-refractivity contribution >= 4 is 35.2 Å². The summed E-state index contributed by atoms with van der Waals surface area (Å²) in [5.41, 5.74) is 0.979. The summed E-state index contributed by atoms with van der Waals surface area (Å²) in [4.78, 5) is 37.5. The smallest absolute Gasteiger partial charge is 0.253 e. The Morgan fingerprint density at radius 1 is 1.03 bits per heavy atom. The lowest BCUT2D eigenvalue weighted by atomic mass is 10.2. The number of nitrogens with one attached hydrogen (secondary N) is 3. The Bertz CT molecular complexity index is 935. The number of amides is 3. The van der Waals surface area contributed by atoms with E-state index in [1.807, 2.05) is 6.92 Å². The van der Waals surface area contributed by atoms with E-state index in [1.54, 1.807) is 49.4 Å². The number of likely N-dealkylation sites (N-methyl/N-ethyl adjacent to an activating group) is 1. The summed E-state index contributed by atoms with van der Waals surface area (Å²) >= 11 is 1.24. The number of hydrogen-bond donors (Lipinski definition) is 3. The molecule has 2 aromatic carbocycles. The number of carbonyl (C=O) groups excluding carboxylic acids is 3. The average molecular weight is 446 g/mol. The van der Waals surface area contributed by atoms with E-state index in [9.17, 15) is 14.4 Å². The maximum absolute atomic E-state index is 12.6. The third-order valence-electron chi connectivity index (χ3n) is 4.25. The van der Waals surface area contributed by atoms with Crippen LogP contribution in [0.15, 0.2) is 47.4 Å². The van der Waals surface area contributed by atoms with E-state index in [0.717, 1.165) is 0 Å². The van der Waals surface area contributed by atoms with E-state index in [1.165, 1.54) is 26.0 Å². The van der Waals surface area contributed by atoms with Gasteiger partial charge in [-0.3, -0.25) is 14.4 Å². The summed E-state index contributed by atoms with van der Waals surface area (Å²) < 4.78 is 10.4. The Hall–Kier alpha value is -3.20. The van der Waals surface area contributed by atoms with Crippen LogP contribution in [0.4, 0.5) is 5.69 Å². The van der Waals surface area contributed by atoms with Crippen LogP contribution >= 0.6 is 11.8 Å². The normalized spacial score (nSPS) is 11.2. The summed E-state index contributed by atoms with van der Waals surface area (Å²) in [5, 5.41) is 8.15. The summed E-state index contributed by atoms with van der Waals surface area (Å²) in [6.45, 7) is 3.92. The molecule has 0 aliphatic rings. The van der Waals surface area contributed by atoms with E-state index < -0.39 is 6.04 Å². The van der Waals surface area contributed by atoms with Crippen molar-refractivity contribution in [2.24, 2.45) is 0 Å². The molecule has 0 bridgehead atoms. The number of benzene rings is 2. The van der Waals surface area contributed by atoms with Gasteiger partial charge in [0.1, 0.15) is 6.04 Å². The molecule has 0 saturated carbocycles. The van der Waals surface area contributed by atoms with Gasteiger partial charge in [0.15, 0.2) is 11.5 Å². The SMILES string of the molecule is CCNC(=O)C(C)NC(=O)c1ccccc1SCC(=O)Nc1ccc(OC)c(OC)c1. The Morgan fingerprint density at radius 3 is 2.42 bits per heavy atom. The first-order valence-electron chi connectivity index (χ1n) is 9.71. The number of anilines is 1. The van der Waals surface area contributed by atoms with Crippen LogP contribution in [0, 0.1) is 0 Å². The maximum Gasteiger partial charge on any atom is 0.253 e. The van der Waals surface area contributed by atoms with Gasteiger partial charge in [-0.25, -0.2) is 0 Å². The van der Waals surface area contributed by atoms with Crippen molar-refractivity contribution in [3.8, 4) is 11.5 Å². The second kappa shape index (κ2) is 11.8. The molecular formula is C22H27N3O5S. The van der Waals surface area contributed by atoms with E-state index >= 15 is 0 Å². The molecular weight excluding hydrogens is 418 g/mol. The number of ether oxygens (including phenoxy) is 2. The first-order valence-corrected chi connectivity index (χ1v) is 10.7. The van der Waals surface area contributed by atoms with Crippen molar-refractivity contribution in [2.75, 3.05) is 31.8 Å². The molecule has 2 aromatic rings. The van der Waals surface area contributed by atoms with Crippen LogP contribution in [0.1, 0.15) is 24.2 Å². The minimum absolute atomic E-state index is 0.102. The molecule has 1 unspecified atom stereocenters. The fourth-order valence-electron chi connectivity index (χ4n) is 2.70. The highest BCUT2D eigenvalue weighted by Gasteiger charge is 2.18. The highest BCUT2D eigenvalue weighted by atomic mass is 32.2. The Balaban J connectivity index is 2.00. The highest BCUT2D eigenvalue weighted by Crippen LogP contribution is 2.30. The van der Waals surface area contributed by atoms with E-state index in [0.29, 0.717) is 34.2 Å². The molecule has 0 radical (unpaired) electrons. The summed E-state index contributed by atoms with van der Waals surface area (Å²) in [5.74, 6) is 0.318. The second-order valence-corrected chi connectivity index (χ2v) is 7.51. The van der Waals surface area contributed by atoms with Crippen molar-refractivity contribution in [1.29, 1.82) is 0 Å². The number of hydrogen-bond acceptors (Lipinski definition) is 6. The zero-order valence-corrected chi connectivity index (χ0v) is 18.8. The zero-order chi connectivity index (χ0) is 22.8. The quantitative estimate of drug-likeness (QED) is 0.486. The number of methoxy groups -OCH3 is 2. The summed E-state index contributed by atoms with van der Waals surface area (Å²) in [6, 6.07) is 11.4. The predicted molar refractivity (Wildman–Crippen MR) is 121 cm³/mol. The van der Waals surface area contributed by atoms with Crippen LogP contribution in [0.2, 0.25) is 0 Å². The Morgan fingerprint density at radius 2 is 1.74 bits per heavy atom. The van der Waals surface area contributed by atoms with Crippen LogP contribution in [-0.2, 0) is 9.59 Å². The lowest BCUT2D eigenvalue weighted by molar-refractivity contribution is -0.122. The fraction of sp³-hybridized carbons (Fsp3) is 0.318. The minimum atomic E-state index is -0.668. The molecule has 0 aliphatic carbocycles. The molecule has 2 rings (SSSR count). The molecule has 0 heterocycles. The van der Waals surface area contributed by atoms with Gasteiger partial charge in [-0.2, -0.15) is 0 Å². The molecule has 8 nitrogen and oxygen atoms in total. The molecule has 31 heavy (non-hydrogen) atoms. The van der Waals surface area contributed by atoms with Gasteiger partial charge in [0.2, 0.25) is 11.8 Å². The third-order valence-corrected chi connectivity index (χ3v) is 5.32. The van der Waals surface area contributed by atoms with Gasteiger partial charge in [-0.15, -0.1) is 11.8 Å². The molecule has 3 N–H and O–H groups in total. The lowest BCUT2D eigenvalue weighted by Gasteiger charge is -2.15. The number of carbonyl (C=O) groups is 3. The Labute approximate surface area is 186 Å². The molecule has 3 amide bonds. The number of rotatable bonds is 10. The molecule has 1 atom stereocenters.